The second-order valence-electron chi connectivity index (χ2n) is 8.82. The Balaban J connectivity index is 1.61. The lowest BCUT2D eigenvalue weighted by Crippen LogP contribution is -2.10. The molecule has 0 spiro atoms. The summed E-state index contributed by atoms with van der Waals surface area (Å²) >= 11 is 0. The Hall–Kier alpha value is -3.33. The van der Waals surface area contributed by atoms with Gasteiger partial charge in [0, 0.05) is 34.4 Å². The largest absolute Gasteiger partial charge is 0.437 e. The first-order valence-corrected chi connectivity index (χ1v) is 10.5. The zero-order chi connectivity index (χ0) is 20.9. The molecule has 2 heterocycles. The van der Waals surface area contributed by atoms with E-state index in [0.717, 1.165) is 17.6 Å². The summed E-state index contributed by atoms with van der Waals surface area (Å²) in [5.41, 5.74) is 6.78. The van der Waals surface area contributed by atoms with E-state index >= 15 is 0 Å². The highest BCUT2D eigenvalue weighted by Gasteiger charge is 2.16. The Morgan fingerprint density at radius 3 is 2.53 bits per heavy atom. The SMILES string of the molecule is CCn1c2ccccc2c2c(C=Cc3nc4cc(C(C)(C)C)ccc4o3)cccc21. The van der Waals surface area contributed by atoms with Gasteiger partial charge < -0.3 is 8.98 Å². The summed E-state index contributed by atoms with van der Waals surface area (Å²) < 4.78 is 8.35. The van der Waals surface area contributed by atoms with Crippen molar-refractivity contribution in [1.82, 2.24) is 9.55 Å². The van der Waals surface area contributed by atoms with Crippen molar-refractivity contribution < 1.29 is 4.42 Å². The van der Waals surface area contributed by atoms with Gasteiger partial charge in [0.1, 0.15) is 5.52 Å². The van der Waals surface area contributed by atoms with Crippen molar-refractivity contribution in [3.05, 3.63) is 77.7 Å². The lowest BCUT2D eigenvalue weighted by atomic mass is 9.87. The van der Waals surface area contributed by atoms with E-state index in [1.807, 2.05) is 12.1 Å². The van der Waals surface area contributed by atoms with Crippen LogP contribution in [0, 0.1) is 0 Å². The molecule has 5 rings (SSSR count). The number of aromatic nitrogens is 2. The van der Waals surface area contributed by atoms with Crippen LogP contribution in [0.1, 0.15) is 44.7 Å². The Morgan fingerprint density at radius 1 is 0.933 bits per heavy atom. The molecule has 0 aliphatic carbocycles. The van der Waals surface area contributed by atoms with Crippen LogP contribution in [0.2, 0.25) is 0 Å². The monoisotopic (exact) mass is 394 g/mol. The van der Waals surface area contributed by atoms with Gasteiger partial charge in [0.05, 0.1) is 0 Å². The van der Waals surface area contributed by atoms with Crippen molar-refractivity contribution in [2.75, 3.05) is 0 Å². The smallest absolute Gasteiger partial charge is 0.220 e. The zero-order valence-electron chi connectivity index (χ0n) is 17.9. The third-order valence-electron chi connectivity index (χ3n) is 5.82. The molecule has 3 aromatic carbocycles. The molecule has 0 unspecified atom stereocenters. The Bertz CT molecular complexity index is 1410. The quantitative estimate of drug-likeness (QED) is 0.319. The number of hydrogen-bond acceptors (Lipinski definition) is 2. The van der Waals surface area contributed by atoms with Gasteiger partial charge in [-0.25, -0.2) is 4.98 Å². The van der Waals surface area contributed by atoms with E-state index in [1.165, 1.54) is 32.9 Å². The summed E-state index contributed by atoms with van der Waals surface area (Å²) in [5.74, 6) is 0.632. The number of oxazole rings is 1. The van der Waals surface area contributed by atoms with Gasteiger partial charge in [-0.2, -0.15) is 0 Å². The first-order valence-electron chi connectivity index (χ1n) is 10.5. The van der Waals surface area contributed by atoms with Gasteiger partial charge >= 0.3 is 0 Å². The van der Waals surface area contributed by atoms with Crippen LogP contribution in [0.3, 0.4) is 0 Å². The molecule has 30 heavy (non-hydrogen) atoms. The van der Waals surface area contributed by atoms with Crippen molar-refractivity contribution in [3.63, 3.8) is 0 Å². The molecule has 0 N–H and O–H groups in total. The Kier molecular flexibility index (Phi) is 4.28. The van der Waals surface area contributed by atoms with E-state index < -0.39 is 0 Å². The van der Waals surface area contributed by atoms with E-state index in [0.29, 0.717) is 5.89 Å². The number of para-hydroxylation sites is 1. The average molecular weight is 395 g/mol. The van der Waals surface area contributed by atoms with Crippen LogP contribution in [0.25, 0.3) is 45.1 Å². The standard InChI is InChI=1S/C27H26N2O/c1-5-29-22-11-7-6-10-20(22)26-18(9-8-12-23(26)29)13-16-25-28-21-17-19(27(2,3)4)14-15-24(21)30-25/h6-17H,5H2,1-4H3. The Morgan fingerprint density at radius 2 is 1.73 bits per heavy atom. The number of fused-ring (bicyclic) bond motifs is 4. The molecule has 0 fully saturated rings. The van der Waals surface area contributed by atoms with Crippen LogP contribution in [-0.2, 0) is 12.0 Å². The van der Waals surface area contributed by atoms with Gasteiger partial charge in [-0.1, -0.05) is 57.2 Å². The van der Waals surface area contributed by atoms with Gasteiger partial charge in [-0.3, -0.25) is 0 Å². The predicted octanol–water partition coefficient (Wildman–Crippen LogP) is 7.42. The number of aryl methyl sites for hydroxylation is 1. The minimum absolute atomic E-state index is 0.0896. The van der Waals surface area contributed by atoms with Crippen molar-refractivity contribution in [3.8, 4) is 0 Å². The highest BCUT2D eigenvalue weighted by molar-refractivity contribution is 6.12. The maximum absolute atomic E-state index is 5.98. The van der Waals surface area contributed by atoms with Crippen LogP contribution in [0.4, 0.5) is 0 Å². The summed E-state index contributed by atoms with van der Waals surface area (Å²) in [7, 11) is 0. The molecule has 5 aromatic rings. The first-order chi connectivity index (χ1) is 14.5. The van der Waals surface area contributed by atoms with Crippen LogP contribution < -0.4 is 0 Å². The van der Waals surface area contributed by atoms with Gasteiger partial charge in [-0.15, -0.1) is 0 Å². The molecular formula is C27H26N2O. The van der Waals surface area contributed by atoms with Gasteiger partial charge in [0.2, 0.25) is 5.89 Å². The minimum atomic E-state index is 0.0896. The molecule has 0 radical (unpaired) electrons. The van der Waals surface area contributed by atoms with Gasteiger partial charge in [0.25, 0.3) is 0 Å². The number of hydrogen-bond donors (Lipinski definition) is 0. The molecule has 0 saturated carbocycles. The molecule has 3 heteroatoms. The fraction of sp³-hybridized carbons (Fsp3) is 0.222. The zero-order valence-corrected chi connectivity index (χ0v) is 17.9. The molecule has 150 valence electrons. The van der Waals surface area contributed by atoms with Crippen LogP contribution in [0.15, 0.2) is 65.1 Å². The molecule has 0 amide bonds. The normalized spacial score (nSPS) is 12.7. The fourth-order valence-electron chi connectivity index (χ4n) is 4.25. The summed E-state index contributed by atoms with van der Waals surface area (Å²) in [6.07, 6.45) is 4.09. The van der Waals surface area contributed by atoms with Crippen molar-refractivity contribution in [2.24, 2.45) is 0 Å². The second-order valence-corrected chi connectivity index (χ2v) is 8.82. The summed E-state index contributed by atoms with van der Waals surface area (Å²) in [6, 6.07) is 21.4. The van der Waals surface area contributed by atoms with Crippen molar-refractivity contribution >= 4 is 45.1 Å². The van der Waals surface area contributed by atoms with Crippen LogP contribution in [0.5, 0.6) is 0 Å². The lowest BCUT2D eigenvalue weighted by molar-refractivity contribution is 0.585. The molecule has 0 saturated heterocycles. The van der Waals surface area contributed by atoms with Crippen LogP contribution in [-0.4, -0.2) is 9.55 Å². The maximum atomic E-state index is 5.98. The molecular weight excluding hydrogens is 368 g/mol. The minimum Gasteiger partial charge on any atom is -0.437 e. The fourth-order valence-corrected chi connectivity index (χ4v) is 4.25. The molecule has 2 aromatic heterocycles. The van der Waals surface area contributed by atoms with E-state index in [-0.39, 0.29) is 5.41 Å². The maximum Gasteiger partial charge on any atom is 0.220 e. The number of rotatable bonds is 3. The first kappa shape index (κ1) is 18.7. The third kappa shape index (κ3) is 3.02. The summed E-state index contributed by atoms with van der Waals surface area (Å²) in [5, 5.41) is 2.55. The highest BCUT2D eigenvalue weighted by Crippen LogP contribution is 2.33. The van der Waals surface area contributed by atoms with E-state index in [2.05, 4.69) is 92.9 Å². The highest BCUT2D eigenvalue weighted by atomic mass is 16.3. The number of nitrogens with zero attached hydrogens (tertiary/aromatic N) is 2. The van der Waals surface area contributed by atoms with Gasteiger partial charge in [0.15, 0.2) is 5.58 Å². The lowest BCUT2D eigenvalue weighted by Gasteiger charge is -2.18. The number of benzene rings is 3. The molecule has 0 aliphatic rings. The topological polar surface area (TPSA) is 31.0 Å². The predicted molar refractivity (Wildman–Crippen MR) is 127 cm³/mol. The molecule has 0 bridgehead atoms. The van der Waals surface area contributed by atoms with E-state index in [1.54, 1.807) is 0 Å². The van der Waals surface area contributed by atoms with Crippen LogP contribution >= 0.6 is 0 Å². The Labute approximate surface area is 176 Å². The second kappa shape index (κ2) is 6.88. The molecule has 3 nitrogen and oxygen atoms in total. The molecule has 0 aliphatic heterocycles. The average Bonchev–Trinajstić information content (AvgIpc) is 3.29. The van der Waals surface area contributed by atoms with Crippen molar-refractivity contribution in [2.45, 2.75) is 39.7 Å². The van der Waals surface area contributed by atoms with E-state index in [4.69, 9.17) is 9.40 Å². The summed E-state index contributed by atoms with van der Waals surface area (Å²) in [4.78, 5) is 4.71. The van der Waals surface area contributed by atoms with Crippen molar-refractivity contribution in [1.29, 1.82) is 0 Å². The van der Waals surface area contributed by atoms with E-state index in [9.17, 15) is 0 Å². The molecule has 0 atom stereocenters. The van der Waals surface area contributed by atoms with Gasteiger partial charge in [-0.05, 0) is 53.8 Å². The summed E-state index contributed by atoms with van der Waals surface area (Å²) in [6.45, 7) is 9.77. The third-order valence-corrected chi connectivity index (χ3v) is 5.82.